The molecule has 0 aliphatic heterocycles. The summed E-state index contributed by atoms with van der Waals surface area (Å²) in [4.78, 5) is 12.0. The van der Waals surface area contributed by atoms with Gasteiger partial charge in [-0.05, 0) is 50.2 Å². The van der Waals surface area contributed by atoms with Crippen molar-refractivity contribution in [2.24, 2.45) is 5.41 Å². The van der Waals surface area contributed by atoms with Gasteiger partial charge in [0.05, 0.1) is 5.41 Å². The van der Waals surface area contributed by atoms with Crippen molar-refractivity contribution in [3.8, 4) is 0 Å². The Kier molecular flexibility index (Phi) is 2.46. The molecule has 0 heterocycles. The van der Waals surface area contributed by atoms with Crippen molar-refractivity contribution < 1.29 is 9.53 Å². The zero-order valence-electron chi connectivity index (χ0n) is 10.2. The lowest BCUT2D eigenvalue weighted by atomic mass is 9.89. The second-order valence-corrected chi connectivity index (χ2v) is 5.55. The summed E-state index contributed by atoms with van der Waals surface area (Å²) in [5.41, 5.74) is 2.39. The lowest BCUT2D eigenvalue weighted by molar-refractivity contribution is -0.156. The van der Waals surface area contributed by atoms with Crippen LogP contribution in [0.25, 0.3) is 0 Å². The van der Waals surface area contributed by atoms with Crippen LogP contribution in [0.1, 0.15) is 49.8 Å². The largest absolute Gasteiger partial charge is 0.457 e. The van der Waals surface area contributed by atoms with E-state index in [1.165, 1.54) is 11.1 Å². The van der Waals surface area contributed by atoms with Crippen LogP contribution in [0, 0.1) is 5.41 Å². The van der Waals surface area contributed by atoms with Crippen LogP contribution in [0.4, 0.5) is 0 Å². The summed E-state index contributed by atoms with van der Waals surface area (Å²) >= 11 is 0. The zero-order valence-corrected chi connectivity index (χ0v) is 10.2. The van der Waals surface area contributed by atoms with Gasteiger partial charge in [-0.15, -0.1) is 0 Å². The summed E-state index contributed by atoms with van der Waals surface area (Å²) in [5, 5.41) is 0. The third-order valence-corrected chi connectivity index (χ3v) is 4.06. The number of aryl methyl sites for hydroxylation is 1. The van der Waals surface area contributed by atoms with Gasteiger partial charge in [-0.1, -0.05) is 24.3 Å². The number of hydrogen-bond donors (Lipinski definition) is 0. The lowest BCUT2D eigenvalue weighted by Gasteiger charge is -2.26. The van der Waals surface area contributed by atoms with Crippen LogP contribution < -0.4 is 0 Å². The van der Waals surface area contributed by atoms with Gasteiger partial charge in [0.1, 0.15) is 6.10 Å². The van der Waals surface area contributed by atoms with Crippen molar-refractivity contribution in [2.45, 2.75) is 45.1 Å². The van der Waals surface area contributed by atoms with Crippen molar-refractivity contribution in [3.05, 3.63) is 35.4 Å². The molecule has 2 aliphatic carbocycles. The van der Waals surface area contributed by atoms with Crippen LogP contribution in [-0.2, 0) is 16.0 Å². The summed E-state index contributed by atoms with van der Waals surface area (Å²) in [7, 11) is 0. The third-order valence-electron chi connectivity index (χ3n) is 4.06. The normalized spacial score (nSPS) is 24.9. The fourth-order valence-electron chi connectivity index (χ4n) is 2.49. The predicted molar refractivity (Wildman–Crippen MR) is 65.6 cm³/mol. The molecular formula is C15H18O2. The molecule has 0 radical (unpaired) electrons. The molecule has 1 saturated carbocycles. The minimum Gasteiger partial charge on any atom is -0.457 e. The topological polar surface area (TPSA) is 26.3 Å². The van der Waals surface area contributed by atoms with E-state index in [2.05, 4.69) is 18.2 Å². The SMILES string of the molecule is CC1(C(=O)OC2CCCc3ccccc32)CC1. The summed E-state index contributed by atoms with van der Waals surface area (Å²) in [6, 6.07) is 8.34. The van der Waals surface area contributed by atoms with Crippen molar-refractivity contribution in [1.82, 2.24) is 0 Å². The Morgan fingerprint density at radius 3 is 2.88 bits per heavy atom. The van der Waals surface area contributed by atoms with Crippen LogP contribution in [-0.4, -0.2) is 5.97 Å². The highest BCUT2D eigenvalue weighted by Gasteiger charge is 2.47. The number of benzene rings is 1. The summed E-state index contributed by atoms with van der Waals surface area (Å²) < 4.78 is 5.71. The van der Waals surface area contributed by atoms with Crippen LogP contribution in [0.5, 0.6) is 0 Å². The molecule has 2 nitrogen and oxygen atoms in total. The highest BCUT2D eigenvalue weighted by Crippen LogP contribution is 2.47. The number of fused-ring (bicyclic) bond motifs is 1. The van der Waals surface area contributed by atoms with Gasteiger partial charge in [0.15, 0.2) is 0 Å². The average Bonchev–Trinajstić information content (AvgIpc) is 3.09. The van der Waals surface area contributed by atoms with E-state index in [4.69, 9.17) is 4.74 Å². The molecule has 0 saturated heterocycles. The molecule has 90 valence electrons. The van der Waals surface area contributed by atoms with Crippen molar-refractivity contribution in [1.29, 1.82) is 0 Å². The van der Waals surface area contributed by atoms with Crippen molar-refractivity contribution >= 4 is 5.97 Å². The summed E-state index contributed by atoms with van der Waals surface area (Å²) in [6.07, 6.45) is 5.16. The van der Waals surface area contributed by atoms with Crippen LogP contribution >= 0.6 is 0 Å². The number of carbonyl (C=O) groups excluding carboxylic acids is 1. The first-order chi connectivity index (χ1) is 8.19. The second kappa shape index (κ2) is 3.86. The highest BCUT2D eigenvalue weighted by atomic mass is 16.5. The van der Waals surface area contributed by atoms with Gasteiger partial charge in [-0.2, -0.15) is 0 Å². The fraction of sp³-hybridized carbons (Fsp3) is 0.533. The van der Waals surface area contributed by atoms with Crippen molar-refractivity contribution in [3.63, 3.8) is 0 Å². The first-order valence-electron chi connectivity index (χ1n) is 6.48. The average molecular weight is 230 g/mol. The molecule has 2 aliphatic rings. The van der Waals surface area contributed by atoms with Gasteiger partial charge >= 0.3 is 5.97 Å². The number of hydrogen-bond acceptors (Lipinski definition) is 2. The molecule has 1 aromatic rings. The van der Waals surface area contributed by atoms with E-state index in [0.29, 0.717) is 0 Å². The molecule has 0 N–H and O–H groups in total. The Morgan fingerprint density at radius 1 is 1.35 bits per heavy atom. The number of carbonyl (C=O) groups is 1. The maximum Gasteiger partial charge on any atom is 0.312 e. The highest BCUT2D eigenvalue weighted by molar-refractivity contribution is 5.79. The third kappa shape index (κ3) is 1.97. The fourth-order valence-corrected chi connectivity index (χ4v) is 2.49. The van der Waals surface area contributed by atoms with Gasteiger partial charge in [-0.25, -0.2) is 0 Å². The van der Waals surface area contributed by atoms with Gasteiger partial charge in [0.25, 0.3) is 0 Å². The Morgan fingerprint density at radius 2 is 2.12 bits per heavy atom. The van der Waals surface area contributed by atoms with E-state index in [0.717, 1.165) is 32.1 Å². The Balaban J connectivity index is 1.79. The molecule has 0 spiro atoms. The van der Waals surface area contributed by atoms with E-state index in [1.54, 1.807) is 0 Å². The van der Waals surface area contributed by atoms with Crippen LogP contribution in [0.15, 0.2) is 24.3 Å². The second-order valence-electron chi connectivity index (χ2n) is 5.55. The van der Waals surface area contributed by atoms with Crippen molar-refractivity contribution in [2.75, 3.05) is 0 Å². The van der Waals surface area contributed by atoms with Crippen LogP contribution in [0.2, 0.25) is 0 Å². The van der Waals surface area contributed by atoms with E-state index in [1.807, 2.05) is 13.0 Å². The molecule has 1 aromatic carbocycles. The summed E-state index contributed by atoms with van der Waals surface area (Å²) in [5.74, 6) is -0.000738. The minimum absolute atomic E-state index is 0.000738. The van der Waals surface area contributed by atoms with Gasteiger partial charge in [0.2, 0.25) is 0 Å². The Bertz CT molecular complexity index is 446. The zero-order chi connectivity index (χ0) is 11.9. The predicted octanol–water partition coefficient (Wildman–Crippen LogP) is 3.41. The Labute approximate surface area is 102 Å². The first-order valence-corrected chi connectivity index (χ1v) is 6.48. The molecule has 1 fully saturated rings. The van der Waals surface area contributed by atoms with E-state index in [-0.39, 0.29) is 17.5 Å². The maximum atomic E-state index is 12.0. The standard InChI is InChI=1S/C15H18O2/c1-15(9-10-15)14(16)17-13-8-4-6-11-5-2-3-7-12(11)13/h2-3,5,7,13H,4,6,8-10H2,1H3. The molecule has 2 heteroatoms. The summed E-state index contributed by atoms with van der Waals surface area (Å²) in [6.45, 7) is 2.00. The van der Waals surface area contributed by atoms with Gasteiger partial charge in [0, 0.05) is 0 Å². The lowest BCUT2D eigenvalue weighted by Crippen LogP contribution is -2.21. The first kappa shape index (κ1) is 10.8. The van der Waals surface area contributed by atoms with E-state index < -0.39 is 0 Å². The smallest absolute Gasteiger partial charge is 0.312 e. The quantitative estimate of drug-likeness (QED) is 0.728. The van der Waals surface area contributed by atoms with Gasteiger partial charge in [-0.3, -0.25) is 4.79 Å². The monoisotopic (exact) mass is 230 g/mol. The molecule has 17 heavy (non-hydrogen) atoms. The molecule has 0 aromatic heterocycles. The molecule has 0 amide bonds. The number of ether oxygens (including phenoxy) is 1. The minimum atomic E-state index is -0.174. The molecular weight excluding hydrogens is 212 g/mol. The van der Waals surface area contributed by atoms with E-state index in [9.17, 15) is 4.79 Å². The van der Waals surface area contributed by atoms with Gasteiger partial charge < -0.3 is 4.74 Å². The molecule has 1 unspecified atom stereocenters. The van der Waals surface area contributed by atoms with E-state index >= 15 is 0 Å². The molecule has 0 bridgehead atoms. The molecule has 1 atom stereocenters. The Hall–Kier alpha value is -1.31. The number of rotatable bonds is 2. The van der Waals surface area contributed by atoms with Crippen LogP contribution in [0.3, 0.4) is 0 Å². The maximum absolute atomic E-state index is 12.0. The number of esters is 1. The molecule has 3 rings (SSSR count).